The second kappa shape index (κ2) is 8.35. The topological polar surface area (TPSA) is 66.8 Å². The highest BCUT2D eigenvalue weighted by molar-refractivity contribution is 6.30. The second-order valence-corrected chi connectivity index (χ2v) is 9.90. The van der Waals surface area contributed by atoms with Gasteiger partial charge in [-0.2, -0.15) is 0 Å². The Hall–Kier alpha value is -2.99. The van der Waals surface area contributed by atoms with Crippen molar-refractivity contribution in [2.24, 2.45) is 5.41 Å². The average Bonchev–Trinajstić information content (AvgIpc) is 3.55. The molecule has 1 aliphatic carbocycles. The third-order valence-corrected chi connectivity index (χ3v) is 7.25. The van der Waals surface area contributed by atoms with E-state index in [1.165, 1.54) is 6.92 Å². The lowest BCUT2D eigenvalue weighted by atomic mass is 9.92. The molecule has 0 bridgehead atoms. The molecule has 3 aromatic carbocycles. The number of benzene rings is 3. The molecule has 1 N–H and O–H groups in total. The van der Waals surface area contributed by atoms with Gasteiger partial charge in [0.1, 0.15) is 0 Å². The van der Waals surface area contributed by atoms with E-state index in [1.54, 1.807) is 35.2 Å². The number of ether oxygens (including phenoxy) is 1. The van der Waals surface area contributed by atoms with Crippen molar-refractivity contribution < 1.29 is 19.4 Å². The Kier molecular flexibility index (Phi) is 5.59. The number of Topliss-reactive ketones (excluding diaryl/α,β-unsaturated/α-hetero) is 1. The van der Waals surface area contributed by atoms with Gasteiger partial charge in [0.15, 0.2) is 17.8 Å². The number of carbonyl (C=O) groups is 2. The van der Waals surface area contributed by atoms with Crippen LogP contribution in [0.3, 0.4) is 0 Å². The van der Waals surface area contributed by atoms with Crippen LogP contribution >= 0.6 is 11.6 Å². The zero-order chi connectivity index (χ0) is 24.1. The quantitative estimate of drug-likeness (QED) is 0.360. The SMILES string of the molecule is CC(=O)c1ccc(CN2C(=O)c3ccccc3C2(OC(O)C2(C)CC2)c2ccc(Cl)cc2)cc1. The third kappa shape index (κ3) is 3.74. The minimum Gasteiger partial charge on any atom is -0.367 e. The van der Waals surface area contributed by atoms with E-state index in [4.69, 9.17) is 16.3 Å². The zero-order valence-electron chi connectivity index (χ0n) is 19.1. The summed E-state index contributed by atoms with van der Waals surface area (Å²) in [5, 5.41) is 11.7. The molecule has 0 spiro atoms. The molecule has 5 rings (SSSR count). The molecule has 0 saturated heterocycles. The molecule has 34 heavy (non-hydrogen) atoms. The first-order valence-electron chi connectivity index (χ1n) is 11.4. The number of fused-ring (bicyclic) bond motifs is 1. The van der Waals surface area contributed by atoms with Gasteiger partial charge in [-0.1, -0.05) is 73.1 Å². The maximum atomic E-state index is 13.8. The summed E-state index contributed by atoms with van der Waals surface area (Å²) in [5.74, 6) is -0.204. The van der Waals surface area contributed by atoms with Crippen LogP contribution in [0.4, 0.5) is 0 Å². The van der Waals surface area contributed by atoms with E-state index < -0.39 is 12.0 Å². The number of ketones is 1. The van der Waals surface area contributed by atoms with E-state index in [0.29, 0.717) is 27.3 Å². The van der Waals surface area contributed by atoms with Gasteiger partial charge in [0, 0.05) is 39.2 Å². The normalized spacial score (nSPS) is 21.3. The predicted octanol–water partition coefficient (Wildman–Crippen LogP) is 5.53. The standard InChI is InChI=1S/C28H26ClNO4/c1-18(31)20-9-7-19(8-10-20)17-30-25(32)23-5-3-4-6-24(23)28(30,21-11-13-22(29)14-12-21)34-26(33)27(2)15-16-27/h3-14,26,33H,15-17H2,1-2H3. The van der Waals surface area contributed by atoms with Gasteiger partial charge in [0.25, 0.3) is 5.91 Å². The summed E-state index contributed by atoms with van der Waals surface area (Å²) in [4.78, 5) is 27.1. The highest BCUT2D eigenvalue weighted by atomic mass is 35.5. The molecule has 174 valence electrons. The van der Waals surface area contributed by atoms with Crippen molar-refractivity contribution in [2.45, 2.75) is 45.2 Å². The largest absolute Gasteiger partial charge is 0.367 e. The van der Waals surface area contributed by atoms with E-state index in [1.807, 2.05) is 49.4 Å². The number of carbonyl (C=O) groups excluding carboxylic acids is 2. The van der Waals surface area contributed by atoms with Crippen LogP contribution in [0.1, 0.15) is 64.1 Å². The Morgan fingerprint density at radius 1 is 1.06 bits per heavy atom. The number of aliphatic hydroxyl groups excluding tert-OH is 1. The van der Waals surface area contributed by atoms with Gasteiger partial charge in [-0.3, -0.25) is 14.5 Å². The van der Waals surface area contributed by atoms with Crippen LogP contribution in [0.15, 0.2) is 72.8 Å². The third-order valence-electron chi connectivity index (χ3n) is 7.00. The van der Waals surface area contributed by atoms with Crippen LogP contribution in [0, 0.1) is 5.41 Å². The highest BCUT2D eigenvalue weighted by Gasteiger charge is 2.56. The van der Waals surface area contributed by atoms with Crippen molar-refractivity contribution in [3.05, 3.63) is 106 Å². The van der Waals surface area contributed by atoms with Crippen molar-refractivity contribution in [3.8, 4) is 0 Å². The molecule has 3 aromatic rings. The number of halogens is 1. The summed E-state index contributed by atoms with van der Waals surface area (Å²) in [7, 11) is 0. The van der Waals surface area contributed by atoms with Crippen LogP contribution in [-0.2, 0) is 17.0 Å². The first-order chi connectivity index (χ1) is 16.2. The second-order valence-electron chi connectivity index (χ2n) is 9.47. The minimum atomic E-state index is -1.33. The first kappa shape index (κ1) is 22.8. The lowest BCUT2D eigenvalue weighted by Gasteiger charge is -2.42. The molecule has 6 heteroatoms. The number of nitrogens with zero attached hydrogens (tertiary/aromatic N) is 1. The molecular weight excluding hydrogens is 450 g/mol. The Morgan fingerprint density at radius 3 is 2.32 bits per heavy atom. The molecule has 0 aromatic heterocycles. The molecule has 1 amide bonds. The Labute approximate surface area is 203 Å². The van der Waals surface area contributed by atoms with E-state index in [-0.39, 0.29) is 23.7 Å². The summed E-state index contributed by atoms with van der Waals surface area (Å²) in [6.07, 6.45) is 0.643. The number of hydrogen-bond donors (Lipinski definition) is 1. The number of aliphatic hydroxyl groups is 1. The summed E-state index contributed by atoms with van der Waals surface area (Å²) in [6.45, 7) is 3.74. The Morgan fingerprint density at radius 2 is 1.71 bits per heavy atom. The maximum absolute atomic E-state index is 13.8. The molecular formula is C28H26ClNO4. The first-order valence-corrected chi connectivity index (χ1v) is 11.8. The van der Waals surface area contributed by atoms with Gasteiger partial charge in [-0.15, -0.1) is 0 Å². The van der Waals surface area contributed by atoms with Gasteiger partial charge in [-0.05, 0) is 43.5 Å². The average molecular weight is 476 g/mol. The van der Waals surface area contributed by atoms with Gasteiger partial charge < -0.3 is 9.84 Å². The fourth-order valence-corrected chi connectivity index (χ4v) is 4.67. The molecule has 0 radical (unpaired) electrons. The zero-order valence-corrected chi connectivity index (χ0v) is 19.9. The van der Waals surface area contributed by atoms with Crippen molar-refractivity contribution in [3.63, 3.8) is 0 Å². The molecule has 1 fully saturated rings. The number of amides is 1. The van der Waals surface area contributed by atoms with Crippen LogP contribution in [-0.4, -0.2) is 28.0 Å². The van der Waals surface area contributed by atoms with E-state index in [2.05, 4.69) is 0 Å². The summed E-state index contributed by atoms with van der Waals surface area (Å²) in [6, 6.07) is 21.8. The van der Waals surface area contributed by atoms with Gasteiger partial charge in [0.2, 0.25) is 0 Å². The Balaban J connectivity index is 1.66. The molecule has 2 aliphatic rings. The van der Waals surface area contributed by atoms with Crippen molar-refractivity contribution >= 4 is 23.3 Å². The van der Waals surface area contributed by atoms with Crippen LogP contribution in [0.2, 0.25) is 5.02 Å². The maximum Gasteiger partial charge on any atom is 0.257 e. The van der Waals surface area contributed by atoms with Gasteiger partial charge >= 0.3 is 0 Å². The summed E-state index contributed by atoms with van der Waals surface area (Å²) in [5.41, 5.74) is 1.70. The molecule has 2 atom stereocenters. The van der Waals surface area contributed by atoms with Crippen LogP contribution in [0.25, 0.3) is 0 Å². The summed E-state index contributed by atoms with van der Waals surface area (Å²) >= 11 is 6.19. The predicted molar refractivity (Wildman–Crippen MR) is 129 cm³/mol. The molecule has 1 aliphatic heterocycles. The summed E-state index contributed by atoms with van der Waals surface area (Å²) < 4.78 is 6.56. The van der Waals surface area contributed by atoms with Crippen LogP contribution < -0.4 is 0 Å². The van der Waals surface area contributed by atoms with E-state index in [0.717, 1.165) is 18.4 Å². The molecule has 1 heterocycles. The lowest BCUT2D eigenvalue weighted by Crippen LogP contribution is -2.49. The fourth-order valence-electron chi connectivity index (χ4n) is 4.54. The van der Waals surface area contributed by atoms with Crippen LogP contribution in [0.5, 0.6) is 0 Å². The fraction of sp³-hybridized carbons (Fsp3) is 0.286. The molecule has 5 nitrogen and oxygen atoms in total. The van der Waals surface area contributed by atoms with E-state index >= 15 is 0 Å². The van der Waals surface area contributed by atoms with Gasteiger partial charge in [0.05, 0.1) is 0 Å². The van der Waals surface area contributed by atoms with Crippen molar-refractivity contribution in [1.82, 2.24) is 4.90 Å². The number of rotatable bonds is 7. The van der Waals surface area contributed by atoms with Gasteiger partial charge in [-0.25, -0.2) is 0 Å². The van der Waals surface area contributed by atoms with E-state index in [9.17, 15) is 14.7 Å². The number of hydrogen-bond acceptors (Lipinski definition) is 4. The molecule has 2 unspecified atom stereocenters. The monoisotopic (exact) mass is 475 g/mol. The minimum absolute atomic E-state index is 0.0177. The Bertz CT molecular complexity index is 1250. The van der Waals surface area contributed by atoms with Crippen molar-refractivity contribution in [2.75, 3.05) is 0 Å². The lowest BCUT2D eigenvalue weighted by molar-refractivity contribution is -0.242. The molecule has 1 saturated carbocycles. The van der Waals surface area contributed by atoms with Crippen molar-refractivity contribution in [1.29, 1.82) is 0 Å². The smallest absolute Gasteiger partial charge is 0.257 e. The highest BCUT2D eigenvalue weighted by Crippen LogP contribution is 2.53.